The van der Waals surface area contributed by atoms with E-state index in [-0.39, 0.29) is 18.2 Å². The second kappa shape index (κ2) is 11.6. The lowest BCUT2D eigenvalue weighted by Crippen LogP contribution is -2.14. The fraction of sp³-hybridized carbons (Fsp3) is 0.318. The number of nitrogens with zero attached hydrogens (tertiary/aromatic N) is 5. The summed E-state index contributed by atoms with van der Waals surface area (Å²) < 4.78 is 4.85. The number of carbonyl (C=O) groups excluding carboxylic acids is 2. The van der Waals surface area contributed by atoms with Gasteiger partial charge in [0.15, 0.2) is 0 Å². The van der Waals surface area contributed by atoms with E-state index in [1.165, 1.54) is 28.9 Å². The van der Waals surface area contributed by atoms with Crippen LogP contribution in [0.2, 0.25) is 0 Å². The number of anilines is 2. The molecule has 2 N–H and O–H groups in total. The fourth-order valence-corrected chi connectivity index (χ4v) is 4.70. The third-order valence-electron chi connectivity index (χ3n) is 4.84. The summed E-state index contributed by atoms with van der Waals surface area (Å²) in [5.74, 6) is -0.313. The lowest BCUT2D eigenvalue weighted by Gasteiger charge is -2.00. The number of carbonyl (C=O) groups is 2. The Morgan fingerprint density at radius 3 is 2.00 bits per heavy atom. The molecule has 176 valence electrons. The van der Waals surface area contributed by atoms with Crippen LogP contribution in [-0.4, -0.2) is 37.4 Å². The zero-order valence-electron chi connectivity index (χ0n) is 18.5. The molecule has 0 unspecified atom stereocenters. The molecule has 0 spiro atoms. The maximum Gasteiger partial charge on any atom is 0.232 e. The predicted octanol–water partition coefficient (Wildman–Crippen LogP) is 3.61. The van der Waals surface area contributed by atoms with E-state index in [9.17, 15) is 9.59 Å². The van der Waals surface area contributed by atoms with Gasteiger partial charge in [-0.25, -0.2) is 0 Å². The third kappa shape index (κ3) is 6.99. The van der Waals surface area contributed by atoms with Gasteiger partial charge in [-0.15, -0.1) is 20.4 Å². The molecule has 0 fully saturated rings. The number of rotatable bonds is 11. The van der Waals surface area contributed by atoms with Gasteiger partial charge in [-0.1, -0.05) is 58.2 Å². The number of nitrogens with one attached hydrogen (secondary N) is 2. The van der Waals surface area contributed by atoms with Crippen molar-refractivity contribution in [1.82, 2.24) is 25.6 Å². The average molecular weight is 498 g/mol. The van der Waals surface area contributed by atoms with Crippen LogP contribution in [0.1, 0.15) is 39.7 Å². The lowest BCUT2D eigenvalue weighted by atomic mass is 10.1. The third-order valence-corrected chi connectivity index (χ3v) is 6.64. The number of benzene rings is 1. The molecule has 3 heterocycles. The van der Waals surface area contributed by atoms with Crippen molar-refractivity contribution in [1.29, 1.82) is 0 Å². The molecule has 0 saturated heterocycles. The van der Waals surface area contributed by atoms with Crippen LogP contribution in [0, 0.1) is 6.92 Å². The molecule has 0 aliphatic heterocycles. The normalized spacial score (nSPS) is 10.9. The molecular formula is C22H23N7O3S2. The van der Waals surface area contributed by atoms with Crippen molar-refractivity contribution in [2.45, 2.75) is 45.4 Å². The summed E-state index contributed by atoms with van der Waals surface area (Å²) in [4.78, 5) is 24.3. The van der Waals surface area contributed by atoms with Crippen molar-refractivity contribution < 1.29 is 14.1 Å². The van der Waals surface area contributed by atoms with Crippen LogP contribution in [0.3, 0.4) is 0 Å². The number of aryl methyl sites for hydroxylation is 3. The van der Waals surface area contributed by atoms with E-state index in [4.69, 9.17) is 4.52 Å². The molecule has 4 aromatic rings. The van der Waals surface area contributed by atoms with Crippen molar-refractivity contribution in [2.75, 3.05) is 10.6 Å². The molecule has 2 amide bonds. The van der Waals surface area contributed by atoms with Gasteiger partial charge in [-0.2, -0.15) is 0 Å². The predicted molar refractivity (Wildman–Crippen MR) is 129 cm³/mol. The molecule has 1 aromatic carbocycles. The van der Waals surface area contributed by atoms with E-state index in [1.807, 2.05) is 37.3 Å². The molecule has 0 saturated carbocycles. The van der Waals surface area contributed by atoms with Crippen molar-refractivity contribution in [3.05, 3.63) is 63.4 Å². The van der Waals surface area contributed by atoms with E-state index in [2.05, 4.69) is 36.2 Å². The summed E-state index contributed by atoms with van der Waals surface area (Å²) in [5.41, 5.74) is 2.40. The van der Waals surface area contributed by atoms with Gasteiger partial charge < -0.3 is 15.2 Å². The molecular weight excluding hydrogens is 474 g/mol. The minimum absolute atomic E-state index is 0.107. The van der Waals surface area contributed by atoms with E-state index >= 15 is 0 Å². The molecule has 0 aliphatic carbocycles. The van der Waals surface area contributed by atoms with Gasteiger partial charge in [0.05, 0.1) is 18.5 Å². The van der Waals surface area contributed by atoms with Crippen LogP contribution in [0.25, 0.3) is 0 Å². The molecule has 4 rings (SSSR count). The standard InChI is InChI=1S/C22H23N7O3S2/c1-14-13-32-29-16(14)12-18(31)24-22-28-26-20(34-22)10-6-5-9-19-25-27-21(33-19)23-17(30)11-15-7-3-2-4-8-15/h2-4,7-8,13H,5-6,9-12H2,1H3,(H,23,27,30)(H,24,28,31). The van der Waals surface area contributed by atoms with Crippen molar-refractivity contribution in [3.8, 4) is 0 Å². The summed E-state index contributed by atoms with van der Waals surface area (Å²) in [6, 6.07) is 9.57. The van der Waals surface area contributed by atoms with Crippen LogP contribution in [0.4, 0.5) is 10.3 Å². The van der Waals surface area contributed by atoms with Crippen LogP contribution >= 0.6 is 22.7 Å². The average Bonchev–Trinajstić information content (AvgIpc) is 3.55. The highest BCUT2D eigenvalue weighted by molar-refractivity contribution is 7.15. The Morgan fingerprint density at radius 2 is 1.44 bits per heavy atom. The first kappa shape index (κ1) is 23.6. The molecule has 0 aliphatic rings. The van der Waals surface area contributed by atoms with Crippen molar-refractivity contribution >= 4 is 44.8 Å². The Bertz CT molecular complexity index is 1240. The molecule has 0 radical (unpaired) electrons. The van der Waals surface area contributed by atoms with Gasteiger partial charge in [0.2, 0.25) is 22.1 Å². The van der Waals surface area contributed by atoms with Gasteiger partial charge in [-0.3, -0.25) is 9.59 Å². The highest BCUT2D eigenvalue weighted by Gasteiger charge is 2.13. The largest absolute Gasteiger partial charge is 0.364 e. The molecule has 12 heteroatoms. The van der Waals surface area contributed by atoms with Crippen LogP contribution in [-0.2, 0) is 35.3 Å². The fourth-order valence-electron chi connectivity index (χ4n) is 3.10. The zero-order chi connectivity index (χ0) is 23.8. The highest BCUT2D eigenvalue weighted by atomic mass is 32.1. The van der Waals surface area contributed by atoms with Crippen LogP contribution in [0.5, 0.6) is 0 Å². The van der Waals surface area contributed by atoms with Crippen LogP contribution < -0.4 is 10.6 Å². The second-order valence-corrected chi connectivity index (χ2v) is 9.71. The Morgan fingerprint density at radius 1 is 0.853 bits per heavy atom. The Balaban J connectivity index is 1.15. The van der Waals surface area contributed by atoms with E-state index in [0.717, 1.165) is 46.8 Å². The SMILES string of the molecule is Cc1conc1CC(=O)Nc1nnc(CCCCc2nnc(NC(=O)Cc3ccccc3)s2)s1. The number of amides is 2. The maximum absolute atomic E-state index is 12.2. The van der Waals surface area contributed by atoms with Gasteiger partial charge in [0.1, 0.15) is 16.3 Å². The van der Waals surface area contributed by atoms with Gasteiger partial charge >= 0.3 is 0 Å². The first-order chi connectivity index (χ1) is 16.5. The molecule has 0 bridgehead atoms. The maximum atomic E-state index is 12.2. The minimum Gasteiger partial charge on any atom is -0.364 e. The Labute approximate surface area is 203 Å². The number of hydrogen-bond donors (Lipinski definition) is 2. The first-order valence-corrected chi connectivity index (χ1v) is 12.4. The van der Waals surface area contributed by atoms with Gasteiger partial charge in [0, 0.05) is 18.4 Å². The summed E-state index contributed by atoms with van der Waals surface area (Å²) in [6.07, 6.45) is 5.28. The summed E-state index contributed by atoms with van der Waals surface area (Å²) in [6.45, 7) is 1.84. The smallest absolute Gasteiger partial charge is 0.232 e. The zero-order valence-corrected chi connectivity index (χ0v) is 20.1. The van der Waals surface area contributed by atoms with Crippen molar-refractivity contribution in [3.63, 3.8) is 0 Å². The first-order valence-electron chi connectivity index (χ1n) is 10.7. The summed E-state index contributed by atoms with van der Waals surface area (Å²) >= 11 is 2.76. The van der Waals surface area contributed by atoms with Gasteiger partial charge in [0.25, 0.3) is 0 Å². The van der Waals surface area contributed by atoms with Crippen LogP contribution in [0.15, 0.2) is 41.1 Å². The number of hydrogen-bond acceptors (Lipinski definition) is 10. The number of unbranched alkanes of at least 4 members (excludes halogenated alkanes) is 1. The van der Waals surface area contributed by atoms with E-state index in [0.29, 0.717) is 22.4 Å². The highest BCUT2D eigenvalue weighted by Crippen LogP contribution is 2.20. The number of aromatic nitrogens is 5. The topological polar surface area (TPSA) is 136 Å². The second-order valence-electron chi connectivity index (χ2n) is 7.59. The molecule has 3 aromatic heterocycles. The quantitative estimate of drug-likeness (QED) is 0.300. The van der Waals surface area contributed by atoms with E-state index in [1.54, 1.807) is 0 Å². The van der Waals surface area contributed by atoms with E-state index < -0.39 is 0 Å². The molecule has 10 nitrogen and oxygen atoms in total. The molecule has 34 heavy (non-hydrogen) atoms. The van der Waals surface area contributed by atoms with Crippen molar-refractivity contribution in [2.24, 2.45) is 0 Å². The Hall–Kier alpha value is -3.51. The summed E-state index contributed by atoms with van der Waals surface area (Å²) in [5, 5.41) is 28.5. The molecule has 0 atom stereocenters. The monoisotopic (exact) mass is 497 g/mol. The van der Waals surface area contributed by atoms with Gasteiger partial charge in [-0.05, 0) is 25.3 Å². The minimum atomic E-state index is -0.206. The lowest BCUT2D eigenvalue weighted by molar-refractivity contribution is -0.116. The summed E-state index contributed by atoms with van der Waals surface area (Å²) in [7, 11) is 0. The Kier molecular flexibility index (Phi) is 8.04.